The standard InChI is InChI=1S/C12H24/c1-4-6-10(2)9-11(3)12-7-5-8-12/h10-12H,4-9H2,1-3H3. The van der Waals surface area contributed by atoms with E-state index in [1.165, 1.54) is 38.5 Å². The maximum Gasteiger partial charge on any atom is -0.0388 e. The monoisotopic (exact) mass is 168 g/mol. The lowest BCUT2D eigenvalue weighted by molar-refractivity contribution is 0.189. The van der Waals surface area contributed by atoms with E-state index in [4.69, 9.17) is 0 Å². The molecule has 1 aliphatic rings. The molecule has 0 spiro atoms. The van der Waals surface area contributed by atoms with Crippen LogP contribution >= 0.6 is 0 Å². The molecular formula is C12H24. The molecule has 72 valence electrons. The highest BCUT2D eigenvalue weighted by Crippen LogP contribution is 2.36. The predicted octanol–water partition coefficient (Wildman–Crippen LogP) is 4.25. The van der Waals surface area contributed by atoms with Gasteiger partial charge in [0, 0.05) is 0 Å². The molecule has 0 radical (unpaired) electrons. The van der Waals surface area contributed by atoms with Crippen molar-refractivity contribution < 1.29 is 0 Å². The van der Waals surface area contributed by atoms with Crippen LogP contribution in [0.2, 0.25) is 0 Å². The average molecular weight is 168 g/mol. The van der Waals surface area contributed by atoms with Gasteiger partial charge in [0.15, 0.2) is 0 Å². The van der Waals surface area contributed by atoms with Crippen LogP contribution in [0.25, 0.3) is 0 Å². The van der Waals surface area contributed by atoms with Crippen molar-refractivity contribution in [2.75, 3.05) is 0 Å². The third kappa shape index (κ3) is 2.80. The summed E-state index contributed by atoms with van der Waals surface area (Å²) in [5.41, 5.74) is 0. The molecule has 0 heterocycles. The second-order valence-electron chi connectivity index (χ2n) is 4.80. The Hall–Kier alpha value is 0. The first-order valence-corrected chi connectivity index (χ1v) is 5.74. The van der Waals surface area contributed by atoms with Gasteiger partial charge < -0.3 is 0 Å². The molecule has 0 aromatic carbocycles. The van der Waals surface area contributed by atoms with Gasteiger partial charge in [-0.3, -0.25) is 0 Å². The lowest BCUT2D eigenvalue weighted by Crippen LogP contribution is -2.21. The Kier molecular flexibility index (Phi) is 4.11. The molecule has 12 heavy (non-hydrogen) atoms. The molecule has 0 N–H and O–H groups in total. The first-order chi connectivity index (χ1) is 5.74. The maximum absolute atomic E-state index is 2.45. The van der Waals surface area contributed by atoms with Crippen molar-refractivity contribution in [1.82, 2.24) is 0 Å². The summed E-state index contributed by atoms with van der Waals surface area (Å²) in [6, 6.07) is 0. The minimum atomic E-state index is 0.964. The van der Waals surface area contributed by atoms with Gasteiger partial charge in [-0.25, -0.2) is 0 Å². The van der Waals surface area contributed by atoms with Gasteiger partial charge in [-0.15, -0.1) is 0 Å². The van der Waals surface area contributed by atoms with Gasteiger partial charge in [-0.1, -0.05) is 52.9 Å². The summed E-state index contributed by atoms with van der Waals surface area (Å²) < 4.78 is 0. The van der Waals surface area contributed by atoms with Gasteiger partial charge in [0.1, 0.15) is 0 Å². The second kappa shape index (κ2) is 4.89. The van der Waals surface area contributed by atoms with Crippen molar-refractivity contribution in [3.63, 3.8) is 0 Å². The first-order valence-electron chi connectivity index (χ1n) is 5.74. The van der Waals surface area contributed by atoms with Crippen LogP contribution in [0.1, 0.15) is 59.3 Å². The molecule has 2 atom stereocenters. The van der Waals surface area contributed by atoms with Crippen molar-refractivity contribution in [1.29, 1.82) is 0 Å². The van der Waals surface area contributed by atoms with Crippen LogP contribution in [0.15, 0.2) is 0 Å². The molecular weight excluding hydrogens is 144 g/mol. The normalized spacial score (nSPS) is 23.2. The molecule has 1 aliphatic carbocycles. The third-order valence-corrected chi connectivity index (χ3v) is 3.51. The van der Waals surface area contributed by atoms with Crippen molar-refractivity contribution in [3.05, 3.63) is 0 Å². The van der Waals surface area contributed by atoms with Gasteiger partial charge in [0.05, 0.1) is 0 Å². The van der Waals surface area contributed by atoms with Crippen LogP contribution < -0.4 is 0 Å². The van der Waals surface area contributed by atoms with Gasteiger partial charge in [0.25, 0.3) is 0 Å². The smallest absolute Gasteiger partial charge is 0.0388 e. The number of hydrogen-bond acceptors (Lipinski definition) is 0. The summed E-state index contributed by atoms with van der Waals surface area (Å²) >= 11 is 0. The van der Waals surface area contributed by atoms with Crippen LogP contribution in [0, 0.1) is 17.8 Å². The summed E-state index contributed by atoms with van der Waals surface area (Å²) in [5, 5.41) is 0. The Bertz CT molecular complexity index is 113. The van der Waals surface area contributed by atoms with Crippen LogP contribution in [0.5, 0.6) is 0 Å². The Balaban J connectivity index is 2.11. The molecule has 0 saturated heterocycles. The zero-order valence-corrected chi connectivity index (χ0v) is 8.97. The molecule has 0 heteroatoms. The van der Waals surface area contributed by atoms with Crippen molar-refractivity contribution in [2.45, 2.75) is 59.3 Å². The van der Waals surface area contributed by atoms with Crippen LogP contribution in [-0.4, -0.2) is 0 Å². The minimum absolute atomic E-state index is 0.964. The highest BCUT2D eigenvalue weighted by Gasteiger charge is 2.24. The van der Waals surface area contributed by atoms with E-state index in [0.29, 0.717) is 0 Å². The minimum Gasteiger partial charge on any atom is -0.0654 e. The molecule has 0 aliphatic heterocycles. The summed E-state index contributed by atoms with van der Waals surface area (Å²) in [4.78, 5) is 0. The van der Waals surface area contributed by atoms with Crippen molar-refractivity contribution >= 4 is 0 Å². The SMILES string of the molecule is CCCC(C)CC(C)C1CCC1. The van der Waals surface area contributed by atoms with E-state index >= 15 is 0 Å². The van der Waals surface area contributed by atoms with E-state index in [1.54, 1.807) is 0 Å². The van der Waals surface area contributed by atoms with E-state index in [0.717, 1.165) is 17.8 Å². The molecule has 2 unspecified atom stereocenters. The van der Waals surface area contributed by atoms with Crippen LogP contribution in [0.3, 0.4) is 0 Å². The third-order valence-electron chi connectivity index (χ3n) is 3.51. The van der Waals surface area contributed by atoms with E-state index < -0.39 is 0 Å². The highest BCUT2D eigenvalue weighted by atomic mass is 14.3. The Morgan fingerprint density at radius 3 is 2.33 bits per heavy atom. The number of hydrogen-bond donors (Lipinski definition) is 0. The number of rotatable bonds is 5. The van der Waals surface area contributed by atoms with E-state index in [1.807, 2.05) is 0 Å². The lowest BCUT2D eigenvalue weighted by Gasteiger charge is -2.32. The highest BCUT2D eigenvalue weighted by molar-refractivity contribution is 4.76. The summed E-state index contributed by atoms with van der Waals surface area (Å²) in [6.45, 7) is 7.17. The molecule has 0 nitrogen and oxygen atoms in total. The maximum atomic E-state index is 2.45. The van der Waals surface area contributed by atoms with Crippen LogP contribution in [0.4, 0.5) is 0 Å². The van der Waals surface area contributed by atoms with Crippen molar-refractivity contribution in [2.24, 2.45) is 17.8 Å². The first kappa shape index (κ1) is 10.1. The van der Waals surface area contributed by atoms with Gasteiger partial charge in [-0.05, 0) is 24.2 Å². The molecule has 1 saturated carbocycles. The fourth-order valence-corrected chi connectivity index (χ4v) is 2.45. The Morgan fingerprint density at radius 1 is 1.25 bits per heavy atom. The van der Waals surface area contributed by atoms with Crippen LogP contribution in [-0.2, 0) is 0 Å². The second-order valence-corrected chi connectivity index (χ2v) is 4.80. The zero-order valence-electron chi connectivity index (χ0n) is 8.97. The molecule has 0 bridgehead atoms. The summed E-state index contributed by atoms with van der Waals surface area (Å²) in [6.07, 6.45) is 8.78. The predicted molar refractivity (Wildman–Crippen MR) is 55.2 cm³/mol. The molecule has 1 rings (SSSR count). The topological polar surface area (TPSA) is 0 Å². The lowest BCUT2D eigenvalue weighted by atomic mass is 9.73. The molecule has 1 fully saturated rings. The van der Waals surface area contributed by atoms with E-state index in [9.17, 15) is 0 Å². The van der Waals surface area contributed by atoms with E-state index in [-0.39, 0.29) is 0 Å². The Labute approximate surface area is 77.7 Å². The average Bonchev–Trinajstić information content (AvgIpc) is 1.82. The van der Waals surface area contributed by atoms with E-state index in [2.05, 4.69) is 20.8 Å². The molecule has 0 aromatic rings. The van der Waals surface area contributed by atoms with Gasteiger partial charge in [0.2, 0.25) is 0 Å². The Morgan fingerprint density at radius 2 is 1.92 bits per heavy atom. The fourth-order valence-electron chi connectivity index (χ4n) is 2.45. The van der Waals surface area contributed by atoms with Gasteiger partial charge in [-0.2, -0.15) is 0 Å². The quantitative estimate of drug-likeness (QED) is 0.575. The van der Waals surface area contributed by atoms with Gasteiger partial charge >= 0.3 is 0 Å². The zero-order chi connectivity index (χ0) is 8.97. The molecule has 0 amide bonds. The fraction of sp³-hybridized carbons (Fsp3) is 1.00. The molecule has 0 aromatic heterocycles. The largest absolute Gasteiger partial charge is 0.0654 e. The van der Waals surface area contributed by atoms with Crippen molar-refractivity contribution in [3.8, 4) is 0 Å². The summed E-state index contributed by atoms with van der Waals surface area (Å²) in [5.74, 6) is 3.05. The summed E-state index contributed by atoms with van der Waals surface area (Å²) in [7, 11) is 0.